The smallest absolute Gasteiger partial charge is 0.237 e. The maximum absolute atomic E-state index is 14.7. The van der Waals surface area contributed by atoms with E-state index in [2.05, 4.69) is 10.3 Å². The summed E-state index contributed by atoms with van der Waals surface area (Å²) in [4.78, 5) is 30.4. The van der Waals surface area contributed by atoms with Crippen molar-refractivity contribution in [3.63, 3.8) is 0 Å². The third-order valence-corrected chi connectivity index (χ3v) is 5.44. The molecule has 7 heteroatoms. The number of benzene rings is 1. The summed E-state index contributed by atoms with van der Waals surface area (Å²) in [6, 6.07) is 4.35. The first kappa shape index (κ1) is 17.4. The monoisotopic (exact) mass is 346 g/mol. The van der Waals surface area contributed by atoms with Crippen LogP contribution in [-0.2, 0) is 15.1 Å². The molecule has 0 radical (unpaired) electrons. The fraction of sp³-hybridized carbons (Fsp3) is 0.500. The molecule has 1 aliphatic heterocycles. The van der Waals surface area contributed by atoms with E-state index in [-0.39, 0.29) is 29.3 Å². The van der Waals surface area contributed by atoms with E-state index < -0.39 is 16.8 Å². The van der Waals surface area contributed by atoms with Gasteiger partial charge >= 0.3 is 0 Å². The second-order valence-electron chi connectivity index (χ2n) is 7.49. The lowest BCUT2D eigenvalue weighted by Crippen LogP contribution is -2.58. The lowest BCUT2D eigenvalue weighted by molar-refractivity contribution is -0.140. The molecule has 0 unspecified atom stereocenters. The Morgan fingerprint density at radius 2 is 2.00 bits per heavy atom. The Labute approximate surface area is 146 Å². The second kappa shape index (κ2) is 5.54. The van der Waals surface area contributed by atoms with E-state index >= 15 is 0 Å². The molecule has 2 aliphatic rings. The van der Waals surface area contributed by atoms with Crippen molar-refractivity contribution >= 4 is 23.5 Å². The minimum absolute atomic E-state index is 0.0404. The highest BCUT2D eigenvalue weighted by Gasteiger charge is 2.53. The molecular formula is C18H23FN4O2. The summed E-state index contributed by atoms with van der Waals surface area (Å²) in [5.41, 5.74) is 4.41. The molecular weight excluding hydrogens is 323 g/mol. The maximum Gasteiger partial charge on any atom is 0.237 e. The van der Waals surface area contributed by atoms with Crippen LogP contribution in [-0.4, -0.2) is 29.7 Å². The molecule has 1 aromatic rings. The quantitative estimate of drug-likeness (QED) is 0.879. The highest BCUT2D eigenvalue weighted by molar-refractivity contribution is 6.01. The van der Waals surface area contributed by atoms with Gasteiger partial charge in [0.05, 0.1) is 5.41 Å². The van der Waals surface area contributed by atoms with Crippen LogP contribution in [0.3, 0.4) is 0 Å². The number of hydrogen-bond acceptors (Lipinski definition) is 4. The zero-order valence-electron chi connectivity index (χ0n) is 14.9. The summed E-state index contributed by atoms with van der Waals surface area (Å²) in [7, 11) is 1.55. The number of halogens is 1. The molecule has 0 spiro atoms. The van der Waals surface area contributed by atoms with Gasteiger partial charge in [-0.15, -0.1) is 0 Å². The lowest BCUT2D eigenvalue weighted by Gasteiger charge is -2.46. The van der Waals surface area contributed by atoms with Gasteiger partial charge in [-0.25, -0.2) is 9.38 Å². The van der Waals surface area contributed by atoms with Crippen LogP contribution >= 0.6 is 0 Å². The first-order valence-electron chi connectivity index (χ1n) is 8.32. The number of carbonyl (C=O) groups is 2. The fourth-order valence-electron chi connectivity index (χ4n) is 3.14. The largest absolute Gasteiger partial charge is 0.369 e. The lowest BCUT2D eigenvalue weighted by atomic mass is 9.67. The number of guanidine groups is 1. The van der Waals surface area contributed by atoms with Crippen molar-refractivity contribution in [2.24, 2.45) is 22.1 Å². The Hall–Kier alpha value is -2.44. The zero-order valence-corrected chi connectivity index (χ0v) is 14.9. The summed E-state index contributed by atoms with van der Waals surface area (Å²) in [6.45, 7) is 5.13. The molecule has 3 N–H and O–H groups in total. The van der Waals surface area contributed by atoms with Crippen molar-refractivity contribution in [3.05, 3.63) is 29.6 Å². The number of hydrogen-bond donors (Lipinski definition) is 2. The number of rotatable bonds is 3. The van der Waals surface area contributed by atoms with E-state index in [9.17, 15) is 14.0 Å². The standard InChI is InChI=1S/C18H23FN4O2/c1-17(2)15(25)23(4)16(20)22-18(17,3)12-9-11(7-8-13(12)19)21-14(24)10-5-6-10/h7-10H,5-6H2,1-4H3,(H2,20,22)(H,21,24)/t18-/m1/s1. The Morgan fingerprint density at radius 1 is 1.36 bits per heavy atom. The molecule has 1 atom stereocenters. The van der Waals surface area contributed by atoms with Crippen LogP contribution < -0.4 is 11.1 Å². The summed E-state index contributed by atoms with van der Waals surface area (Å²) in [6.07, 6.45) is 1.76. The van der Waals surface area contributed by atoms with E-state index in [1.807, 2.05) is 0 Å². The molecule has 3 rings (SSSR count). The number of carbonyl (C=O) groups excluding carboxylic acids is 2. The molecule has 0 saturated heterocycles. The predicted molar refractivity (Wildman–Crippen MR) is 93.3 cm³/mol. The van der Waals surface area contributed by atoms with Gasteiger partial charge < -0.3 is 11.1 Å². The zero-order chi connectivity index (χ0) is 18.6. The molecule has 1 aromatic carbocycles. The van der Waals surface area contributed by atoms with Crippen LogP contribution in [0.1, 0.15) is 39.2 Å². The third kappa shape index (κ3) is 2.67. The van der Waals surface area contributed by atoms with Gasteiger partial charge in [0, 0.05) is 24.2 Å². The van der Waals surface area contributed by atoms with Crippen LogP contribution in [0.5, 0.6) is 0 Å². The number of nitrogens with one attached hydrogen (secondary N) is 1. The number of aliphatic imine (C=N–C) groups is 1. The van der Waals surface area contributed by atoms with Crippen molar-refractivity contribution in [1.29, 1.82) is 0 Å². The molecule has 1 fully saturated rings. The van der Waals surface area contributed by atoms with Gasteiger partial charge in [-0.1, -0.05) is 0 Å². The summed E-state index contributed by atoms with van der Waals surface area (Å²) < 4.78 is 14.7. The van der Waals surface area contributed by atoms with Crippen LogP contribution in [0.4, 0.5) is 10.1 Å². The van der Waals surface area contributed by atoms with Crippen molar-refractivity contribution in [2.75, 3.05) is 12.4 Å². The molecule has 6 nitrogen and oxygen atoms in total. The van der Waals surface area contributed by atoms with Gasteiger partial charge in [0.2, 0.25) is 11.8 Å². The first-order chi connectivity index (χ1) is 11.6. The minimum atomic E-state index is -1.19. The van der Waals surface area contributed by atoms with Crippen LogP contribution in [0.2, 0.25) is 0 Å². The molecule has 25 heavy (non-hydrogen) atoms. The average molecular weight is 346 g/mol. The van der Waals surface area contributed by atoms with E-state index in [4.69, 9.17) is 5.73 Å². The SMILES string of the molecule is CN1C(=O)C(C)(C)[C@@](C)(c2cc(NC(=O)C3CC3)ccc2F)N=C1N. The van der Waals surface area contributed by atoms with Crippen LogP contribution in [0, 0.1) is 17.2 Å². The highest BCUT2D eigenvalue weighted by atomic mass is 19.1. The van der Waals surface area contributed by atoms with E-state index in [0.29, 0.717) is 5.69 Å². The maximum atomic E-state index is 14.7. The molecule has 0 aromatic heterocycles. The van der Waals surface area contributed by atoms with Crippen molar-refractivity contribution in [1.82, 2.24) is 4.90 Å². The Kier molecular flexibility index (Phi) is 3.85. The van der Waals surface area contributed by atoms with E-state index in [0.717, 1.165) is 12.8 Å². The highest BCUT2D eigenvalue weighted by Crippen LogP contribution is 2.47. The van der Waals surface area contributed by atoms with Crippen LogP contribution in [0.25, 0.3) is 0 Å². The van der Waals surface area contributed by atoms with Crippen LogP contribution in [0.15, 0.2) is 23.2 Å². The van der Waals surface area contributed by atoms with Gasteiger partial charge in [0.25, 0.3) is 0 Å². The van der Waals surface area contributed by atoms with Crippen molar-refractivity contribution in [2.45, 2.75) is 39.2 Å². The first-order valence-corrected chi connectivity index (χ1v) is 8.32. The molecule has 1 aliphatic carbocycles. The van der Waals surface area contributed by atoms with E-state index in [1.54, 1.807) is 33.9 Å². The van der Waals surface area contributed by atoms with Gasteiger partial charge in [0.1, 0.15) is 11.4 Å². The normalized spacial score (nSPS) is 25.6. The van der Waals surface area contributed by atoms with Gasteiger partial charge in [-0.2, -0.15) is 0 Å². The Morgan fingerprint density at radius 3 is 2.60 bits per heavy atom. The summed E-state index contributed by atoms with van der Waals surface area (Å²) >= 11 is 0. The molecule has 134 valence electrons. The fourth-order valence-corrected chi connectivity index (χ4v) is 3.14. The number of anilines is 1. The second-order valence-corrected chi connectivity index (χ2v) is 7.49. The predicted octanol–water partition coefficient (Wildman–Crippen LogP) is 2.20. The summed E-state index contributed by atoms with van der Waals surface area (Å²) in [5.74, 6) is -0.717. The summed E-state index contributed by atoms with van der Waals surface area (Å²) in [5, 5.41) is 2.81. The Bertz CT molecular complexity index is 785. The molecule has 1 heterocycles. The van der Waals surface area contributed by atoms with Crippen molar-refractivity contribution in [3.8, 4) is 0 Å². The van der Waals surface area contributed by atoms with Crippen molar-refractivity contribution < 1.29 is 14.0 Å². The minimum Gasteiger partial charge on any atom is -0.369 e. The molecule has 0 bridgehead atoms. The Balaban J connectivity index is 2.07. The topological polar surface area (TPSA) is 87.8 Å². The van der Waals surface area contributed by atoms with Gasteiger partial charge in [-0.05, 0) is 51.8 Å². The van der Waals surface area contributed by atoms with Gasteiger partial charge in [0.15, 0.2) is 5.96 Å². The number of nitrogens with two attached hydrogens (primary N) is 1. The number of amides is 2. The average Bonchev–Trinajstić information content (AvgIpc) is 3.38. The number of nitrogens with zero attached hydrogens (tertiary/aromatic N) is 2. The molecule has 1 saturated carbocycles. The molecule has 2 amide bonds. The van der Waals surface area contributed by atoms with Gasteiger partial charge in [-0.3, -0.25) is 14.5 Å². The third-order valence-electron chi connectivity index (χ3n) is 5.44. The van der Waals surface area contributed by atoms with E-state index in [1.165, 1.54) is 17.0 Å².